The van der Waals surface area contributed by atoms with Gasteiger partial charge in [0.25, 0.3) is 0 Å². The summed E-state index contributed by atoms with van der Waals surface area (Å²) in [6.07, 6.45) is 0.717. The molecule has 0 spiro atoms. The number of hydrogen-bond donors (Lipinski definition) is 1. The SMILES string of the molecule is CC(C)(C)C(=O)OC1CC(Cc2ccccc2)C(=O)N1. The van der Waals surface area contributed by atoms with Crippen molar-refractivity contribution in [1.82, 2.24) is 5.32 Å². The average Bonchev–Trinajstić information content (AvgIpc) is 2.70. The Morgan fingerprint density at radius 3 is 2.55 bits per heavy atom. The van der Waals surface area contributed by atoms with Crippen LogP contribution in [0, 0.1) is 11.3 Å². The molecule has 1 aliphatic rings. The molecular formula is C16H21NO3. The fraction of sp³-hybridized carbons (Fsp3) is 0.500. The van der Waals surface area contributed by atoms with Gasteiger partial charge in [0.2, 0.25) is 5.91 Å². The largest absolute Gasteiger partial charge is 0.441 e. The van der Waals surface area contributed by atoms with Crippen LogP contribution in [-0.2, 0) is 20.7 Å². The Labute approximate surface area is 119 Å². The minimum absolute atomic E-state index is 0.0411. The van der Waals surface area contributed by atoms with Gasteiger partial charge in [-0.1, -0.05) is 30.3 Å². The van der Waals surface area contributed by atoms with Gasteiger partial charge >= 0.3 is 5.97 Å². The van der Waals surface area contributed by atoms with Crippen LogP contribution in [0.2, 0.25) is 0 Å². The molecule has 4 nitrogen and oxygen atoms in total. The zero-order valence-electron chi connectivity index (χ0n) is 12.2. The monoisotopic (exact) mass is 275 g/mol. The molecule has 20 heavy (non-hydrogen) atoms. The number of ether oxygens (including phenoxy) is 1. The Hall–Kier alpha value is -1.84. The van der Waals surface area contributed by atoms with Crippen molar-refractivity contribution in [2.75, 3.05) is 0 Å². The molecule has 1 saturated heterocycles. The number of esters is 1. The zero-order valence-corrected chi connectivity index (χ0v) is 12.2. The Kier molecular flexibility index (Phi) is 4.12. The summed E-state index contributed by atoms with van der Waals surface area (Å²) in [5.74, 6) is -0.459. The first kappa shape index (κ1) is 14.6. The quantitative estimate of drug-likeness (QED) is 0.861. The van der Waals surface area contributed by atoms with Crippen LogP contribution in [-0.4, -0.2) is 18.1 Å². The first-order valence-electron chi connectivity index (χ1n) is 6.91. The molecule has 1 aromatic rings. The lowest BCUT2D eigenvalue weighted by Crippen LogP contribution is -2.34. The highest BCUT2D eigenvalue weighted by molar-refractivity contribution is 5.82. The van der Waals surface area contributed by atoms with E-state index in [0.717, 1.165) is 5.56 Å². The van der Waals surface area contributed by atoms with Gasteiger partial charge in [-0.25, -0.2) is 0 Å². The van der Waals surface area contributed by atoms with E-state index in [2.05, 4.69) is 5.32 Å². The summed E-state index contributed by atoms with van der Waals surface area (Å²) in [5.41, 5.74) is 0.567. The van der Waals surface area contributed by atoms with Crippen molar-refractivity contribution < 1.29 is 14.3 Å². The summed E-state index contributed by atoms with van der Waals surface area (Å²) in [4.78, 5) is 23.7. The summed E-state index contributed by atoms with van der Waals surface area (Å²) in [7, 11) is 0. The second kappa shape index (κ2) is 5.65. The second-order valence-corrected chi connectivity index (χ2v) is 6.27. The molecule has 1 aliphatic heterocycles. The summed E-state index contributed by atoms with van der Waals surface area (Å²) < 4.78 is 5.34. The van der Waals surface area contributed by atoms with Gasteiger partial charge in [-0.2, -0.15) is 0 Å². The van der Waals surface area contributed by atoms with E-state index in [1.54, 1.807) is 20.8 Å². The van der Waals surface area contributed by atoms with E-state index < -0.39 is 11.6 Å². The lowest BCUT2D eigenvalue weighted by atomic mass is 9.96. The van der Waals surface area contributed by atoms with Gasteiger partial charge in [-0.05, 0) is 32.8 Å². The van der Waals surface area contributed by atoms with Crippen molar-refractivity contribution in [3.63, 3.8) is 0 Å². The Morgan fingerprint density at radius 2 is 1.95 bits per heavy atom. The summed E-state index contributed by atoms with van der Waals surface area (Å²) >= 11 is 0. The minimum atomic E-state index is -0.553. The molecule has 0 radical (unpaired) electrons. The molecule has 1 amide bonds. The number of carbonyl (C=O) groups excluding carboxylic acids is 2. The number of nitrogens with one attached hydrogen (secondary N) is 1. The molecule has 2 atom stereocenters. The van der Waals surface area contributed by atoms with E-state index in [1.807, 2.05) is 30.3 Å². The Balaban J connectivity index is 1.93. The highest BCUT2D eigenvalue weighted by atomic mass is 16.6. The number of amides is 1. The molecule has 108 valence electrons. The van der Waals surface area contributed by atoms with Gasteiger partial charge < -0.3 is 10.1 Å². The molecule has 1 fully saturated rings. The number of benzene rings is 1. The molecule has 2 rings (SSSR count). The first-order valence-corrected chi connectivity index (χ1v) is 6.91. The summed E-state index contributed by atoms with van der Waals surface area (Å²) in [5, 5.41) is 2.75. The lowest BCUT2D eigenvalue weighted by Gasteiger charge is -2.20. The molecular weight excluding hydrogens is 254 g/mol. The smallest absolute Gasteiger partial charge is 0.313 e. The standard InChI is InChI=1S/C16H21NO3/c1-16(2,3)15(19)20-13-10-12(14(18)17-13)9-11-7-5-4-6-8-11/h4-8,12-13H,9-10H2,1-3H3,(H,17,18). The van der Waals surface area contributed by atoms with E-state index in [4.69, 9.17) is 4.74 Å². The molecule has 0 aromatic heterocycles. The highest BCUT2D eigenvalue weighted by Crippen LogP contribution is 2.24. The van der Waals surface area contributed by atoms with Crippen LogP contribution in [0.15, 0.2) is 30.3 Å². The Bertz CT molecular complexity index is 490. The second-order valence-electron chi connectivity index (χ2n) is 6.27. The van der Waals surface area contributed by atoms with Crippen LogP contribution >= 0.6 is 0 Å². The van der Waals surface area contributed by atoms with Crippen LogP contribution in [0.1, 0.15) is 32.8 Å². The third-order valence-electron chi connectivity index (χ3n) is 3.36. The van der Waals surface area contributed by atoms with Crippen LogP contribution in [0.5, 0.6) is 0 Å². The van der Waals surface area contributed by atoms with E-state index in [9.17, 15) is 9.59 Å². The molecule has 0 aliphatic carbocycles. The molecule has 0 bridgehead atoms. The lowest BCUT2D eigenvalue weighted by molar-refractivity contribution is -0.159. The Morgan fingerprint density at radius 1 is 1.30 bits per heavy atom. The van der Waals surface area contributed by atoms with Gasteiger partial charge in [0.1, 0.15) is 0 Å². The maximum Gasteiger partial charge on any atom is 0.313 e. The molecule has 1 heterocycles. The highest BCUT2D eigenvalue weighted by Gasteiger charge is 2.36. The predicted octanol–water partition coefficient (Wildman–Crippen LogP) is 2.28. The summed E-state index contributed by atoms with van der Waals surface area (Å²) in [6.45, 7) is 5.40. The third-order valence-corrected chi connectivity index (χ3v) is 3.36. The van der Waals surface area contributed by atoms with Crippen LogP contribution in [0.4, 0.5) is 0 Å². The van der Waals surface area contributed by atoms with Gasteiger partial charge in [0, 0.05) is 12.3 Å². The minimum Gasteiger partial charge on any atom is -0.441 e. The average molecular weight is 275 g/mol. The van der Waals surface area contributed by atoms with Crippen molar-refractivity contribution in [3.05, 3.63) is 35.9 Å². The maximum atomic E-state index is 11.9. The van der Waals surface area contributed by atoms with Crippen LogP contribution in [0.25, 0.3) is 0 Å². The summed E-state index contributed by atoms with van der Waals surface area (Å²) in [6, 6.07) is 9.87. The first-order chi connectivity index (χ1) is 9.36. The fourth-order valence-electron chi connectivity index (χ4n) is 2.16. The normalized spacial score (nSPS) is 22.4. The zero-order chi connectivity index (χ0) is 14.8. The van der Waals surface area contributed by atoms with E-state index in [-0.39, 0.29) is 17.8 Å². The van der Waals surface area contributed by atoms with Gasteiger partial charge in [0.05, 0.1) is 5.41 Å². The number of carbonyl (C=O) groups is 2. The van der Waals surface area contributed by atoms with E-state index >= 15 is 0 Å². The van der Waals surface area contributed by atoms with E-state index in [0.29, 0.717) is 12.8 Å². The fourth-order valence-corrected chi connectivity index (χ4v) is 2.16. The molecule has 2 unspecified atom stereocenters. The number of rotatable bonds is 3. The third kappa shape index (κ3) is 3.59. The maximum absolute atomic E-state index is 11.9. The van der Waals surface area contributed by atoms with E-state index in [1.165, 1.54) is 0 Å². The molecule has 0 saturated carbocycles. The predicted molar refractivity (Wildman–Crippen MR) is 75.7 cm³/mol. The van der Waals surface area contributed by atoms with Crippen molar-refractivity contribution in [2.45, 2.75) is 39.8 Å². The van der Waals surface area contributed by atoms with Crippen molar-refractivity contribution in [2.24, 2.45) is 11.3 Å². The molecule has 1 N–H and O–H groups in total. The van der Waals surface area contributed by atoms with Crippen molar-refractivity contribution in [3.8, 4) is 0 Å². The van der Waals surface area contributed by atoms with Gasteiger partial charge in [-0.15, -0.1) is 0 Å². The van der Waals surface area contributed by atoms with Gasteiger partial charge in [0.15, 0.2) is 6.23 Å². The van der Waals surface area contributed by atoms with Crippen LogP contribution < -0.4 is 5.32 Å². The number of hydrogen-bond acceptors (Lipinski definition) is 3. The van der Waals surface area contributed by atoms with Crippen LogP contribution in [0.3, 0.4) is 0 Å². The molecule has 1 aromatic carbocycles. The van der Waals surface area contributed by atoms with Crippen molar-refractivity contribution in [1.29, 1.82) is 0 Å². The molecule has 4 heteroatoms. The van der Waals surface area contributed by atoms with Crippen molar-refractivity contribution >= 4 is 11.9 Å². The van der Waals surface area contributed by atoms with Gasteiger partial charge in [-0.3, -0.25) is 9.59 Å². The topological polar surface area (TPSA) is 55.4 Å².